The molecule has 0 spiro atoms. The van der Waals surface area contributed by atoms with Crippen LogP contribution in [0.15, 0.2) is 18.6 Å². The van der Waals surface area contributed by atoms with Crippen LogP contribution in [0.5, 0.6) is 0 Å². The smallest absolute Gasteiger partial charge is 0.222 e. The van der Waals surface area contributed by atoms with Crippen molar-refractivity contribution in [1.82, 2.24) is 24.9 Å². The maximum atomic E-state index is 11.7. The zero-order chi connectivity index (χ0) is 14.5. The summed E-state index contributed by atoms with van der Waals surface area (Å²) in [5.74, 6) is -0.0153. The van der Waals surface area contributed by atoms with Gasteiger partial charge in [-0.3, -0.25) is 14.2 Å². The first-order chi connectivity index (χ1) is 9.58. The zero-order valence-electron chi connectivity index (χ0n) is 11.6. The van der Waals surface area contributed by atoms with Gasteiger partial charge in [0.15, 0.2) is 0 Å². The van der Waals surface area contributed by atoms with Crippen molar-refractivity contribution in [1.29, 1.82) is 0 Å². The predicted octanol–water partition coefficient (Wildman–Crippen LogP) is 1.77. The van der Waals surface area contributed by atoms with Gasteiger partial charge in [-0.2, -0.15) is 10.2 Å². The molecule has 0 aliphatic carbocycles. The van der Waals surface area contributed by atoms with E-state index in [4.69, 9.17) is 11.6 Å². The van der Waals surface area contributed by atoms with E-state index in [0.717, 1.165) is 17.8 Å². The molecule has 1 amide bonds. The molecule has 2 aromatic heterocycles. The van der Waals surface area contributed by atoms with Crippen LogP contribution >= 0.6 is 11.6 Å². The van der Waals surface area contributed by atoms with Gasteiger partial charge in [0, 0.05) is 44.0 Å². The summed E-state index contributed by atoms with van der Waals surface area (Å²) in [6.45, 7) is 5.70. The van der Waals surface area contributed by atoms with Crippen LogP contribution in [-0.2, 0) is 24.4 Å². The fourth-order valence-corrected chi connectivity index (χ4v) is 1.93. The molecule has 0 aliphatic rings. The molecule has 0 radical (unpaired) electrons. The summed E-state index contributed by atoms with van der Waals surface area (Å²) in [7, 11) is 0. The number of carbonyl (C=O) groups is 1. The molecule has 0 fully saturated rings. The molecule has 20 heavy (non-hydrogen) atoms. The maximum absolute atomic E-state index is 11.7. The number of halogens is 1. The summed E-state index contributed by atoms with van der Waals surface area (Å²) in [6, 6.07) is 0. The number of nitrogens with zero attached hydrogens (tertiary/aromatic N) is 4. The second-order valence-corrected chi connectivity index (χ2v) is 4.96. The van der Waals surface area contributed by atoms with E-state index in [1.54, 1.807) is 17.1 Å². The molecule has 1 N–H and O–H groups in total. The molecular weight excluding hydrogens is 278 g/mol. The number of carbonyl (C=O) groups excluding carboxylic acids is 1. The van der Waals surface area contributed by atoms with Crippen LogP contribution in [0.4, 0.5) is 0 Å². The molecule has 0 saturated carbocycles. The van der Waals surface area contributed by atoms with Crippen LogP contribution in [-0.4, -0.2) is 25.5 Å². The lowest BCUT2D eigenvalue weighted by atomic mass is 10.3. The number of hydrogen-bond donors (Lipinski definition) is 1. The van der Waals surface area contributed by atoms with Crippen LogP contribution in [0.3, 0.4) is 0 Å². The molecule has 0 atom stereocenters. The lowest BCUT2D eigenvalue weighted by molar-refractivity contribution is -0.121. The summed E-state index contributed by atoms with van der Waals surface area (Å²) in [5.41, 5.74) is 1.78. The molecule has 2 aromatic rings. The van der Waals surface area contributed by atoms with E-state index in [0.29, 0.717) is 24.5 Å². The van der Waals surface area contributed by atoms with E-state index in [2.05, 4.69) is 15.5 Å². The van der Waals surface area contributed by atoms with Crippen LogP contribution in [0.25, 0.3) is 0 Å². The third-order valence-corrected chi connectivity index (χ3v) is 3.33. The number of hydrogen-bond acceptors (Lipinski definition) is 3. The zero-order valence-corrected chi connectivity index (χ0v) is 12.4. The number of rotatable bonds is 6. The van der Waals surface area contributed by atoms with Crippen LogP contribution in [0.1, 0.15) is 24.6 Å². The van der Waals surface area contributed by atoms with Gasteiger partial charge in [0.25, 0.3) is 0 Å². The van der Waals surface area contributed by atoms with Crippen molar-refractivity contribution >= 4 is 17.5 Å². The van der Waals surface area contributed by atoms with Crippen molar-refractivity contribution in [3.05, 3.63) is 34.9 Å². The Morgan fingerprint density at radius 3 is 2.80 bits per heavy atom. The quantitative estimate of drug-likeness (QED) is 0.883. The first kappa shape index (κ1) is 14.6. The van der Waals surface area contributed by atoms with Gasteiger partial charge in [-0.05, 0) is 13.8 Å². The lowest BCUT2D eigenvalue weighted by Gasteiger charge is -2.03. The number of nitrogens with one attached hydrogen (secondary N) is 1. The van der Waals surface area contributed by atoms with Gasteiger partial charge in [-0.15, -0.1) is 0 Å². The van der Waals surface area contributed by atoms with Gasteiger partial charge in [-0.1, -0.05) is 11.6 Å². The van der Waals surface area contributed by atoms with Crippen molar-refractivity contribution in [3.8, 4) is 0 Å². The minimum Gasteiger partial charge on any atom is -0.352 e. The van der Waals surface area contributed by atoms with E-state index in [1.807, 2.05) is 24.7 Å². The SMILES string of the molecule is CCn1cc(CNC(=O)CCn2cc(Cl)c(C)n2)cn1. The molecule has 0 aromatic carbocycles. The largest absolute Gasteiger partial charge is 0.352 e. The van der Waals surface area contributed by atoms with Gasteiger partial charge in [0.1, 0.15) is 0 Å². The topological polar surface area (TPSA) is 64.7 Å². The Kier molecular flexibility index (Phi) is 4.79. The normalized spacial score (nSPS) is 10.8. The third kappa shape index (κ3) is 3.84. The first-order valence-corrected chi connectivity index (χ1v) is 6.94. The second-order valence-electron chi connectivity index (χ2n) is 4.56. The predicted molar refractivity (Wildman–Crippen MR) is 76.3 cm³/mol. The van der Waals surface area contributed by atoms with Crippen molar-refractivity contribution in [2.45, 2.75) is 39.9 Å². The van der Waals surface area contributed by atoms with E-state index in [9.17, 15) is 4.79 Å². The molecule has 7 heteroatoms. The summed E-state index contributed by atoms with van der Waals surface area (Å²) >= 11 is 5.91. The second kappa shape index (κ2) is 6.56. The van der Waals surface area contributed by atoms with Gasteiger partial charge in [0.2, 0.25) is 5.91 Å². The monoisotopic (exact) mass is 295 g/mol. The minimum absolute atomic E-state index is 0.0153. The Bertz CT molecular complexity index is 570. The number of aromatic nitrogens is 4. The van der Waals surface area contributed by atoms with Gasteiger partial charge < -0.3 is 5.32 Å². The molecule has 0 unspecified atom stereocenters. The summed E-state index contributed by atoms with van der Waals surface area (Å²) in [6.07, 6.45) is 5.80. The Labute approximate surface area is 122 Å². The molecule has 6 nitrogen and oxygen atoms in total. The van der Waals surface area contributed by atoms with Crippen molar-refractivity contribution < 1.29 is 4.79 Å². The number of amides is 1. The van der Waals surface area contributed by atoms with E-state index in [1.165, 1.54) is 0 Å². The van der Waals surface area contributed by atoms with Crippen LogP contribution in [0.2, 0.25) is 5.02 Å². The Morgan fingerprint density at radius 2 is 2.20 bits per heavy atom. The molecular formula is C13H18ClN5O. The van der Waals surface area contributed by atoms with E-state index in [-0.39, 0.29) is 5.91 Å². The highest BCUT2D eigenvalue weighted by Crippen LogP contribution is 2.12. The van der Waals surface area contributed by atoms with E-state index >= 15 is 0 Å². The highest BCUT2D eigenvalue weighted by atomic mass is 35.5. The van der Waals surface area contributed by atoms with Crippen molar-refractivity contribution in [3.63, 3.8) is 0 Å². The maximum Gasteiger partial charge on any atom is 0.222 e. The average molecular weight is 296 g/mol. The van der Waals surface area contributed by atoms with Crippen molar-refractivity contribution in [2.75, 3.05) is 0 Å². The molecule has 0 aliphatic heterocycles. The molecule has 2 heterocycles. The molecule has 0 bridgehead atoms. The molecule has 2 rings (SSSR count). The summed E-state index contributed by atoms with van der Waals surface area (Å²) in [5, 5.41) is 11.8. The minimum atomic E-state index is -0.0153. The standard InChI is InChI=1S/C13H18ClN5O/c1-3-18-8-11(7-16-18)6-15-13(20)4-5-19-9-12(14)10(2)17-19/h7-9H,3-6H2,1-2H3,(H,15,20). The Morgan fingerprint density at radius 1 is 1.40 bits per heavy atom. The molecule has 108 valence electrons. The third-order valence-electron chi connectivity index (χ3n) is 2.95. The Hall–Kier alpha value is -1.82. The van der Waals surface area contributed by atoms with E-state index < -0.39 is 0 Å². The molecule has 0 saturated heterocycles. The summed E-state index contributed by atoms with van der Waals surface area (Å²) in [4.78, 5) is 11.7. The fraction of sp³-hybridized carbons (Fsp3) is 0.462. The lowest BCUT2D eigenvalue weighted by Crippen LogP contribution is -2.23. The fourth-order valence-electron chi connectivity index (χ4n) is 1.78. The van der Waals surface area contributed by atoms with Crippen LogP contribution < -0.4 is 5.32 Å². The summed E-state index contributed by atoms with van der Waals surface area (Å²) < 4.78 is 3.52. The van der Waals surface area contributed by atoms with Gasteiger partial charge in [-0.25, -0.2) is 0 Å². The Balaban J connectivity index is 1.75. The highest BCUT2D eigenvalue weighted by molar-refractivity contribution is 6.31. The van der Waals surface area contributed by atoms with Crippen molar-refractivity contribution in [2.24, 2.45) is 0 Å². The highest BCUT2D eigenvalue weighted by Gasteiger charge is 2.06. The van der Waals surface area contributed by atoms with Gasteiger partial charge >= 0.3 is 0 Å². The van der Waals surface area contributed by atoms with Gasteiger partial charge in [0.05, 0.1) is 16.9 Å². The van der Waals surface area contributed by atoms with Crippen LogP contribution in [0, 0.1) is 6.92 Å². The average Bonchev–Trinajstić information content (AvgIpc) is 3.01. The first-order valence-electron chi connectivity index (χ1n) is 6.56. The number of aryl methyl sites for hydroxylation is 3.